The quantitative estimate of drug-likeness (QED) is 0.532. The van der Waals surface area contributed by atoms with Gasteiger partial charge in [-0.1, -0.05) is 38.5 Å². The molecule has 0 spiro atoms. The molecule has 1 unspecified atom stereocenters. The highest BCUT2D eigenvalue weighted by Gasteiger charge is 2.16. The molecule has 0 aromatic rings. The van der Waals surface area contributed by atoms with E-state index in [0.29, 0.717) is 6.04 Å². The first kappa shape index (κ1) is 14.0. The molecule has 16 heavy (non-hydrogen) atoms. The number of nitrogens with one attached hydrogen (secondary N) is 1. The summed E-state index contributed by atoms with van der Waals surface area (Å²) in [5.41, 5.74) is 0. The lowest BCUT2D eigenvalue weighted by Crippen LogP contribution is -2.28. The molecule has 0 saturated heterocycles. The third-order valence-corrected chi connectivity index (χ3v) is 3.90. The fraction of sp³-hybridized carbons (Fsp3) is 1.00. The molecule has 0 heterocycles. The van der Waals surface area contributed by atoms with Gasteiger partial charge in [-0.05, 0) is 32.2 Å². The van der Waals surface area contributed by atoms with Crippen LogP contribution in [-0.4, -0.2) is 26.8 Å². The molecule has 1 atom stereocenters. The van der Waals surface area contributed by atoms with Gasteiger partial charge in [-0.3, -0.25) is 0 Å². The average Bonchev–Trinajstić information content (AvgIpc) is 2.56. The van der Waals surface area contributed by atoms with Crippen molar-refractivity contribution in [3.63, 3.8) is 0 Å². The number of methoxy groups -OCH3 is 1. The van der Waals surface area contributed by atoms with E-state index in [1.54, 1.807) is 7.11 Å². The first-order valence-electron chi connectivity index (χ1n) is 7.03. The predicted molar refractivity (Wildman–Crippen MR) is 69.8 cm³/mol. The molecule has 1 fully saturated rings. The molecular weight excluding hydrogens is 198 g/mol. The fourth-order valence-corrected chi connectivity index (χ4v) is 2.86. The van der Waals surface area contributed by atoms with E-state index < -0.39 is 0 Å². The molecule has 0 aromatic carbocycles. The van der Waals surface area contributed by atoms with E-state index in [1.165, 1.54) is 57.8 Å². The zero-order valence-corrected chi connectivity index (χ0v) is 11.1. The Morgan fingerprint density at radius 1 is 1.19 bits per heavy atom. The van der Waals surface area contributed by atoms with Crippen LogP contribution in [0, 0.1) is 5.92 Å². The molecule has 96 valence electrons. The van der Waals surface area contributed by atoms with Crippen LogP contribution < -0.4 is 5.32 Å². The molecule has 1 rings (SSSR count). The van der Waals surface area contributed by atoms with Crippen molar-refractivity contribution in [3.05, 3.63) is 0 Å². The van der Waals surface area contributed by atoms with Crippen molar-refractivity contribution >= 4 is 0 Å². The minimum absolute atomic E-state index is 0.707. The summed E-state index contributed by atoms with van der Waals surface area (Å²) in [5.74, 6) is 0.975. The van der Waals surface area contributed by atoms with Crippen molar-refractivity contribution in [1.82, 2.24) is 5.32 Å². The predicted octanol–water partition coefficient (Wildman–Crippen LogP) is 3.36. The Kier molecular flexibility index (Phi) is 7.87. The van der Waals surface area contributed by atoms with E-state index >= 15 is 0 Å². The summed E-state index contributed by atoms with van der Waals surface area (Å²) < 4.78 is 5.12. The Balaban J connectivity index is 2.19. The second-order valence-electron chi connectivity index (χ2n) is 5.21. The average molecular weight is 227 g/mol. The highest BCUT2D eigenvalue weighted by molar-refractivity contribution is 4.73. The molecule has 1 N–H and O–H groups in total. The number of hydrogen-bond acceptors (Lipinski definition) is 2. The maximum Gasteiger partial charge on any atom is 0.0462 e. The van der Waals surface area contributed by atoms with Crippen LogP contribution in [0.3, 0.4) is 0 Å². The maximum atomic E-state index is 5.12. The van der Waals surface area contributed by atoms with Gasteiger partial charge in [-0.25, -0.2) is 0 Å². The van der Waals surface area contributed by atoms with Crippen LogP contribution in [0.1, 0.15) is 57.8 Å². The zero-order chi connectivity index (χ0) is 11.6. The topological polar surface area (TPSA) is 21.3 Å². The second kappa shape index (κ2) is 9.00. The molecule has 1 aliphatic rings. The van der Waals surface area contributed by atoms with Gasteiger partial charge in [0.05, 0.1) is 0 Å². The molecule has 0 radical (unpaired) electrons. The van der Waals surface area contributed by atoms with Crippen molar-refractivity contribution < 1.29 is 4.74 Å². The Bertz CT molecular complexity index is 153. The van der Waals surface area contributed by atoms with Gasteiger partial charge in [0, 0.05) is 19.8 Å². The van der Waals surface area contributed by atoms with Crippen molar-refractivity contribution in [1.29, 1.82) is 0 Å². The highest BCUT2D eigenvalue weighted by Crippen LogP contribution is 2.27. The van der Waals surface area contributed by atoms with Crippen LogP contribution in [0.5, 0.6) is 0 Å². The van der Waals surface area contributed by atoms with Gasteiger partial charge >= 0.3 is 0 Å². The summed E-state index contributed by atoms with van der Waals surface area (Å²) in [6, 6.07) is 0.707. The van der Waals surface area contributed by atoms with Gasteiger partial charge in [-0.2, -0.15) is 0 Å². The summed E-state index contributed by atoms with van der Waals surface area (Å²) in [4.78, 5) is 0. The molecule has 2 heteroatoms. The number of rotatable bonds is 7. The highest BCUT2D eigenvalue weighted by atomic mass is 16.5. The molecule has 1 saturated carbocycles. The van der Waals surface area contributed by atoms with Gasteiger partial charge < -0.3 is 10.1 Å². The minimum Gasteiger partial charge on any atom is -0.385 e. The summed E-state index contributed by atoms with van der Waals surface area (Å²) in [5, 5.41) is 3.47. The van der Waals surface area contributed by atoms with Crippen LogP contribution in [0.15, 0.2) is 0 Å². The SMILES string of the molecule is CNC(CCCOC)CC1CCCCCC1. The van der Waals surface area contributed by atoms with Gasteiger partial charge in [-0.15, -0.1) is 0 Å². The Hall–Kier alpha value is -0.0800. The van der Waals surface area contributed by atoms with Crippen molar-refractivity contribution in [3.8, 4) is 0 Å². The molecule has 0 amide bonds. The Morgan fingerprint density at radius 3 is 2.44 bits per heavy atom. The normalized spacial score (nSPS) is 20.6. The second-order valence-corrected chi connectivity index (χ2v) is 5.21. The van der Waals surface area contributed by atoms with E-state index in [1.807, 2.05) is 0 Å². The van der Waals surface area contributed by atoms with E-state index in [0.717, 1.165) is 12.5 Å². The lowest BCUT2D eigenvalue weighted by Gasteiger charge is -2.22. The standard InChI is InChI=1S/C14H29NO/c1-15-14(10-7-11-16-2)12-13-8-5-3-4-6-9-13/h13-15H,3-12H2,1-2H3. The lowest BCUT2D eigenvalue weighted by atomic mass is 9.91. The van der Waals surface area contributed by atoms with Gasteiger partial charge in [0.2, 0.25) is 0 Å². The third kappa shape index (κ3) is 5.86. The van der Waals surface area contributed by atoms with Gasteiger partial charge in [0.15, 0.2) is 0 Å². The van der Waals surface area contributed by atoms with Crippen molar-refractivity contribution in [2.24, 2.45) is 5.92 Å². The molecule has 0 aromatic heterocycles. The molecule has 2 nitrogen and oxygen atoms in total. The van der Waals surface area contributed by atoms with Gasteiger partial charge in [0.25, 0.3) is 0 Å². The van der Waals surface area contributed by atoms with E-state index in [9.17, 15) is 0 Å². The Labute approximate surface area is 101 Å². The van der Waals surface area contributed by atoms with Crippen LogP contribution in [0.25, 0.3) is 0 Å². The van der Waals surface area contributed by atoms with Crippen LogP contribution in [0.2, 0.25) is 0 Å². The van der Waals surface area contributed by atoms with Crippen LogP contribution in [0.4, 0.5) is 0 Å². The number of ether oxygens (including phenoxy) is 1. The van der Waals surface area contributed by atoms with Gasteiger partial charge in [0.1, 0.15) is 0 Å². The van der Waals surface area contributed by atoms with E-state index in [-0.39, 0.29) is 0 Å². The lowest BCUT2D eigenvalue weighted by molar-refractivity contribution is 0.186. The zero-order valence-electron chi connectivity index (χ0n) is 11.1. The summed E-state index contributed by atoms with van der Waals surface area (Å²) in [6.07, 6.45) is 12.6. The van der Waals surface area contributed by atoms with E-state index in [4.69, 9.17) is 4.74 Å². The maximum absolute atomic E-state index is 5.12. The monoisotopic (exact) mass is 227 g/mol. The van der Waals surface area contributed by atoms with Crippen molar-refractivity contribution in [2.45, 2.75) is 63.8 Å². The Morgan fingerprint density at radius 2 is 1.88 bits per heavy atom. The van der Waals surface area contributed by atoms with Crippen LogP contribution in [-0.2, 0) is 4.74 Å². The molecular formula is C14H29NO. The fourth-order valence-electron chi connectivity index (χ4n) is 2.86. The van der Waals surface area contributed by atoms with Crippen molar-refractivity contribution in [2.75, 3.05) is 20.8 Å². The summed E-state index contributed by atoms with van der Waals surface area (Å²) in [6.45, 7) is 0.906. The first-order valence-corrected chi connectivity index (χ1v) is 7.03. The minimum atomic E-state index is 0.707. The van der Waals surface area contributed by atoms with E-state index in [2.05, 4.69) is 12.4 Å². The number of hydrogen-bond donors (Lipinski definition) is 1. The first-order chi connectivity index (χ1) is 7.86. The summed E-state index contributed by atoms with van der Waals surface area (Å²) in [7, 11) is 3.90. The molecule has 0 bridgehead atoms. The molecule has 0 aliphatic heterocycles. The third-order valence-electron chi connectivity index (χ3n) is 3.90. The molecule has 1 aliphatic carbocycles. The van der Waals surface area contributed by atoms with Crippen LogP contribution >= 0.6 is 0 Å². The largest absolute Gasteiger partial charge is 0.385 e. The smallest absolute Gasteiger partial charge is 0.0462 e. The summed E-state index contributed by atoms with van der Waals surface area (Å²) >= 11 is 0.